The molecule has 2 aromatic rings. The predicted molar refractivity (Wildman–Crippen MR) is 114 cm³/mol. The Balaban J connectivity index is 1.93. The molecule has 0 radical (unpaired) electrons. The smallest absolute Gasteiger partial charge is 0.354 e. The van der Waals surface area contributed by atoms with E-state index in [1.165, 1.54) is 12.3 Å². The van der Waals surface area contributed by atoms with E-state index >= 15 is 0 Å². The van der Waals surface area contributed by atoms with Crippen LogP contribution >= 0.6 is 0 Å². The Morgan fingerprint density at radius 1 is 1.38 bits per heavy atom. The summed E-state index contributed by atoms with van der Waals surface area (Å²) in [6.07, 6.45) is 10.2. The van der Waals surface area contributed by atoms with Crippen LogP contribution in [0, 0.1) is 5.41 Å². The number of amides is 2. The number of nitrogens with two attached hydrogens (primary N) is 1. The molecule has 1 aliphatic rings. The Hall–Kier alpha value is -3.11. The monoisotopic (exact) mass is 413 g/mol. The van der Waals surface area contributed by atoms with Gasteiger partial charge in [0.1, 0.15) is 5.04 Å². The van der Waals surface area contributed by atoms with E-state index in [0.717, 1.165) is 41.6 Å². The standard InChI is InChI=1S/C19H23N7O2S/c1-2-22-11-8-17(20)29(21,28)26-19(27)25-18-14-4-3-5-16(14)24-12-15(18)13-6-9-23-10-7-13/h6-12,20,22H,2-5H2,1H3,(H3,21,24,25,26,27,28)/b11-8-,20-17?. The molecular weight excluding hydrogens is 390 g/mol. The molecule has 1 atom stereocenters. The summed E-state index contributed by atoms with van der Waals surface area (Å²) in [6, 6.07) is 2.77. The second-order valence-corrected chi connectivity index (χ2v) is 8.17. The van der Waals surface area contributed by atoms with Gasteiger partial charge in [-0.25, -0.2) is 14.1 Å². The van der Waals surface area contributed by atoms with E-state index in [1.807, 2.05) is 19.1 Å². The summed E-state index contributed by atoms with van der Waals surface area (Å²) in [6.45, 7) is 2.51. The van der Waals surface area contributed by atoms with Gasteiger partial charge in [-0.3, -0.25) is 15.4 Å². The van der Waals surface area contributed by atoms with Crippen LogP contribution < -0.4 is 15.8 Å². The SMILES string of the molecule is CCN/C=C\C(=N)S(N)(=O)=NC(=O)Nc1c(-c2ccncc2)cnc2c1CCC2. The average Bonchev–Trinajstić information content (AvgIpc) is 3.18. The molecule has 0 saturated heterocycles. The number of carbonyl (C=O) groups excluding carboxylic acids is 1. The lowest BCUT2D eigenvalue weighted by molar-refractivity contribution is 0.260. The topological polar surface area (TPSA) is 146 Å². The molecule has 1 aliphatic carbocycles. The van der Waals surface area contributed by atoms with Crippen LogP contribution in [-0.4, -0.2) is 31.8 Å². The summed E-state index contributed by atoms with van der Waals surface area (Å²) in [7, 11) is -3.66. The van der Waals surface area contributed by atoms with E-state index in [2.05, 4.69) is 25.0 Å². The molecule has 2 amide bonds. The summed E-state index contributed by atoms with van der Waals surface area (Å²) in [5, 5.41) is 18.6. The van der Waals surface area contributed by atoms with Crippen molar-refractivity contribution in [3.8, 4) is 11.1 Å². The molecule has 0 bridgehead atoms. The fourth-order valence-corrected chi connectivity index (χ4v) is 3.71. The minimum atomic E-state index is -3.66. The third-order valence-electron chi connectivity index (χ3n) is 4.42. The Kier molecular flexibility index (Phi) is 6.35. The zero-order chi connectivity index (χ0) is 20.9. The Morgan fingerprint density at radius 3 is 2.86 bits per heavy atom. The summed E-state index contributed by atoms with van der Waals surface area (Å²) < 4.78 is 16.1. The lowest BCUT2D eigenvalue weighted by Crippen LogP contribution is -2.24. The number of nitrogens with one attached hydrogen (secondary N) is 3. The zero-order valence-corrected chi connectivity index (χ0v) is 16.8. The van der Waals surface area contributed by atoms with Crippen LogP contribution in [0.2, 0.25) is 0 Å². The van der Waals surface area contributed by atoms with Gasteiger partial charge in [0.25, 0.3) is 0 Å². The van der Waals surface area contributed by atoms with Crippen molar-refractivity contribution in [3.63, 3.8) is 0 Å². The van der Waals surface area contributed by atoms with Crippen molar-refractivity contribution in [2.24, 2.45) is 9.50 Å². The number of nitrogens with zero attached hydrogens (tertiary/aromatic N) is 3. The lowest BCUT2D eigenvalue weighted by Gasteiger charge is -2.14. The minimum Gasteiger partial charge on any atom is -0.391 e. The average molecular weight is 414 g/mol. The molecule has 1 unspecified atom stereocenters. The molecule has 10 heteroatoms. The summed E-state index contributed by atoms with van der Waals surface area (Å²) >= 11 is 0. The van der Waals surface area contributed by atoms with E-state index in [4.69, 9.17) is 10.5 Å². The normalized spacial score (nSPS) is 14.8. The van der Waals surface area contributed by atoms with Crippen LogP contribution in [0.4, 0.5) is 10.5 Å². The van der Waals surface area contributed by atoms with Crippen molar-refractivity contribution >= 4 is 26.7 Å². The van der Waals surface area contributed by atoms with Gasteiger partial charge in [-0.2, -0.15) is 0 Å². The van der Waals surface area contributed by atoms with Gasteiger partial charge < -0.3 is 10.6 Å². The van der Waals surface area contributed by atoms with Gasteiger partial charge in [-0.1, -0.05) is 0 Å². The molecule has 2 heterocycles. The summed E-state index contributed by atoms with van der Waals surface area (Å²) in [4.78, 5) is 21.1. The predicted octanol–water partition coefficient (Wildman–Crippen LogP) is 2.61. The highest BCUT2D eigenvalue weighted by Gasteiger charge is 2.22. The maximum absolute atomic E-state index is 12.5. The Labute approximate surface area is 169 Å². The van der Waals surface area contributed by atoms with Gasteiger partial charge in [0, 0.05) is 36.4 Å². The van der Waals surface area contributed by atoms with Crippen molar-refractivity contribution in [2.75, 3.05) is 11.9 Å². The number of fused-ring (bicyclic) bond motifs is 1. The molecule has 0 fully saturated rings. The second kappa shape index (κ2) is 8.93. The molecule has 0 aromatic carbocycles. The van der Waals surface area contributed by atoms with Crippen molar-refractivity contribution in [1.29, 1.82) is 5.41 Å². The van der Waals surface area contributed by atoms with E-state index in [9.17, 15) is 9.00 Å². The second-order valence-electron chi connectivity index (χ2n) is 6.41. The molecule has 0 saturated carbocycles. The van der Waals surface area contributed by atoms with Crippen LogP contribution in [0.5, 0.6) is 0 Å². The van der Waals surface area contributed by atoms with Crippen LogP contribution in [0.3, 0.4) is 0 Å². The molecule has 0 spiro atoms. The number of rotatable bonds is 5. The lowest BCUT2D eigenvalue weighted by atomic mass is 10.0. The van der Waals surface area contributed by atoms with E-state index in [1.54, 1.807) is 18.6 Å². The van der Waals surface area contributed by atoms with Crippen molar-refractivity contribution < 1.29 is 9.00 Å². The molecular formula is C19H23N7O2S. The number of hydrogen-bond acceptors (Lipinski definition) is 6. The van der Waals surface area contributed by atoms with Crippen molar-refractivity contribution in [2.45, 2.75) is 26.2 Å². The highest BCUT2D eigenvalue weighted by molar-refractivity contribution is 8.06. The largest absolute Gasteiger partial charge is 0.391 e. The van der Waals surface area contributed by atoms with E-state index < -0.39 is 21.0 Å². The number of carbonyl (C=O) groups is 1. The van der Waals surface area contributed by atoms with Gasteiger partial charge in [-0.05, 0) is 61.7 Å². The zero-order valence-electron chi connectivity index (χ0n) is 16.0. The Bertz CT molecular complexity index is 1070. The van der Waals surface area contributed by atoms with Gasteiger partial charge in [0.05, 0.1) is 5.69 Å². The molecule has 9 nitrogen and oxygen atoms in total. The first-order valence-electron chi connectivity index (χ1n) is 9.18. The Morgan fingerprint density at radius 2 is 2.14 bits per heavy atom. The molecule has 152 valence electrons. The molecule has 0 aliphatic heterocycles. The number of aryl methyl sites for hydroxylation is 1. The van der Waals surface area contributed by atoms with Crippen LogP contribution in [0.25, 0.3) is 11.1 Å². The molecule has 2 aromatic heterocycles. The summed E-state index contributed by atoms with van der Waals surface area (Å²) in [5.41, 5.74) is 4.01. The third kappa shape index (κ3) is 4.84. The maximum Gasteiger partial charge on any atom is 0.354 e. The summed E-state index contributed by atoms with van der Waals surface area (Å²) in [5.74, 6) is 0. The van der Waals surface area contributed by atoms with Gasteiger partial charge in [0.15, 0.2) is 9.92 Å². The first-order chi connectivity index (χ1) is 13.9. The van der Waals surface area contributed by atoms with Crippen LogP contribution in [0.1, 0.15) is 24.6 Å². The number of urea groups is 1. The number of aromatic nitrogens is 2. The van der Waals surface area contributed by atoms with Crippen LogP contribution in [-0.2, 0) is 22.8 Å². The first-order valence-corrected chi connectivity index (χ1v) is 10.8. The van der Waals surface area contributed by atoms with Crippen molar-refractivity contribution in [1.82, 2.24) is 15.3 Å². The highest BCUT2D eigenvalue weighted by Crippen LogP contribution is 2.36. The fraction of sp³-hybridized carbons (Fsp3) is 0.263. The first kappa shape index (κ1) is 20.6. The third-order valence-corrected chi connectivity index (χ3v) is 5.63. The number of hydrogen-bond donors (Lipinski definition) is 4. The maximum atomic E-state index is 12.5. The minimum absolute atomic E-state index is 0.442. The number of anilines is 1. The van der Waals surface area contributed by atoms with Gasteiger partial charge in [-0.15, -0.1) is 4.36 Å². The van der Waals surface area contributed by atoms with Crippen LogP contribution in [0.15, 0.2) is 47.4 Å². The number of pyridine rings is 2. The molecule has 5 N–H and O–H groups in total. The molecule has 29 heavy (non-hydrogen) atoms. The van der Waals surface area contributed by atoms with Crippen molar-refractivity contribution in [3.05, 3.63) is 54.3 Å². The van der Waals surface area contributed by atoms with Gasteiger partial charge in [0.2, 0.25) is 0 Å². The van der Waals surface area contributed by atoms with E-state index in [0.29, 0.717) is 12.2 Å². The van der Waals surface area contributed by atoms with E-state index in [-0.39, 0.29) is 0 Å². The van der Waals surface area contributed by atoms with Gasteiger partial charge >= 0.3 is 6.03 Å². The fourth-order valence-electron chi connectivity index (χ4n) is 3.05. The molecule has 3 rings (SSSR count). The highest BCUT2D eigenvalue weighted by atomic mass is 32.2. The quantitative estimate of drug-likeness (QED) is 0.439.